The first-order valence-corrected chi connectivity index (χ1v) is 19.0. The molecule has 14 heteroatoms. The zero-order valence-corrected chi connectivity index (χ0v) is 33.0. The molecule has 3 aromatic carbocycles. The summed E-state index contributed by atoms with van der Waals surface area (Å²) in [6, 6.07) is 14.5. The first-order chi connectivity index (χ1) is 26.6. The molecule has 0 spiro atoms. The average molecular weight is 772 g/mol. The van der Waals surface area contributed by atoms with Crippen LogP contribution >= 0.6 is 11.6 Å². The van der Waals surface area contributed by atoms with Gasteiger partial charge in [0.1, 0.15) is 11.3 Å². The third-order valence-corrected chi connectivity index (χ3v) is 10.2. The number of carbonyl (C=O) groups is 2. The number of hydrogen-bond donors (Lipinski definition) is 2. The number of rotatable bonds is 15. The fourth-order valence-electron chi connectivity index (χ4n) is 6.73. The average Bonchev–Trinajstić information content (AvgIpc) is 3.72. The van der Waals surface area contributed by atoms with Crippen LogP contribution in [0.4, 0.5) is 17.3 Å². The van der Waals surface area contributed by atoms with Gasteiger partial charge in [-0.3, -0.25) is 9.59 Å². The summed E-state index contributed by atoms with van der Waals surface area (Å²) in [5, 5.41) is 6.48. The molecule has 0 atom stereocenters. The van der Waals surface area contributed by atoms with Gasteiger partial charge in [-0.05, 0) is 69.0 Å². The maximum absolute atomic E-state index is 13.8. The van der Waals surface area contributed by atoms with E-state index in [1.807, 2.05) is 36.9 Å². The Labute approximate surface area is 327 Å². The number of likely N-dealkylation sites (tertiary alicyclic amines) is 1. The number of piperazine rings is 1. The van der Waals surface area contributed by atoms with Gasteiger partial charge in [-0.1, -0.05) is 35.9 Å². The second-order valence-electron chi connectivity index (χ2n) is 13.9. The molecular weight excluding hydrogens is 722 g/mol. The lowest BCUT2D eigenvalue weighted by Crippen LogP contribution is -2.44. The maximum atomic E-state index is 13.8. The molecule has 55 heavy (non-hydrogen) atoms. The van der Waals surface area contributed by atoms with E-state index >= 15 is 0 Å². The highest BCUT2D eigenvalue weighted by molar-refractivity contribution is 6.32. The summed E-state index contributed by atoms with van der Waals surface area (Å²) in [6.07, 6.45) is 4.53. The summed E-state index contributed by atoms with van der Waals surface area (Å²) >= 11 is 6.72. The number of hydrogen-bond acceptors (Lipinski definition) is 11. The Morgan fingerprint density at radius 3 is 2.31 bits per heavy atom. The number of nitrogens with zero attached hydrogens (tertiary/aromatic N) is 5. The molecule has 3 heterocycles. The van der Waals surface area contributed by atoms with E-state index in [-0.39, 0.29) is 40.5 Å². The lowest BCUT2D eigenvalue weighted by atomic mass is 10.1. The number of halogens is 1. The van der Waals surface area contributed by atoms with E-state index in [0.29, 0.717) is 35.2 Å². The number of ether oxygens (including phenoxy) is 4. The fourth-order valence-corrected chi connectivity index (χ4v) is 6.97. The molecule has 13 nitrogen and oxygen atoms in total. The minimum atomic E-state index is -0.457. The van der Waals surface area contributed by atoms with Crippen LogP contribution in [0.3, 0.4) is 0 Å². The monoisotopic (exact) mass is 771 g/mol. The molecule has 0 radical (unpaired) electrons. The van der Waals surface area contributed by atoms with E-state index < -0.39 is 5.91 Å². The van der Waals surface area contributed by atoms with Gasteiger partial charge in [-0.2, -0.15) is 4.98 Å². The minimum Gasteiger partial charge on any atom is -0.493 e. The Balaban J connectivity index is 1.24. The van der Waals surface area contributed by atoms with Gasteiger partial charge < -0.3 is 44.3 Å². The second kappa shape index (κ2) is 18.5. The molecule has 1 aromatic heterocycles. The number of benzene rings is 3. The number of methoxy groups -OCH3 is 2. The highest BCUT2D eigenvalue weighted by Crippen LogP contribution is 2.41. The van der Waals surface area contributed by atoms with E-state index in [9.17, 15) is 9.59 Å². The van der Waals surface area contributed by atoms with Crippen molar-refractivity contribution >= 4 is 40.7 Å². The van der Waals surface area contributed by atoms with E-state index in [0.717, 1.165) is 81.8 Å². The standard InChI is InChI=1S/C41H50ClN7O6/c1-27-10-8-11-28(2)37(27)45-39(51)31-26-43-41(46-40(31)55-33-13-12-29(22-32(33)42)23-36(50)49-15-6-7-16-49)44-30-24-34(52-4)38(53-5)35(25-30)54-21-9-14-48-19-17-47(3)18-20-48/h8,10-13,22,24-26H,6-7,9,14-21,23H2,1-5H3,(H,45,51)(H,43,44,46). The summed E-state index contributed by atoms with van der Waals surface area (Å²) < 4.78 is 23.8. The molecule has 292 valence electrons. The maximum Gasteiger partial charge on any atom is 0.262 e. The van der Waals surface area contributed by atoms with Crippen LogP contribution in [0.2, 0.25) is 5.02 Å². The van der Waals surface area contributed by atoms with Crippen LogP contribution in [0.5, 0.6) is 28.9 Å². The van der Waals surface area contributed by atoms with Crippen LogP contribution in [0, 0.1) is 13.8 Å². The zero-order valence-electron chi connectivity index (χ0n) is 32.2. The van der Waals surface area contributed by atoms with Crippen molar-refractivity contribution < 1.29 is 28.5 Å². The van der Waals surface area contributed by atoms with Gasteiger partial charge in [0.25, 0.3) is 5.91 Å². The molecule has 4 aromatic rings. The van der Waals surface area contributed by atoms with Crippen molar-refractivity contribution in [1.82, 2.24) is 24.7 Å². The van der Waals surface area contributed by atoms with Gasteiger partial charge in [0.15, 0.2) is 11.5 Å². The molecule has 6 rings (SSSR count). The predicted molar refractivity (Wildman–Crippen MR) is 214 cm³/mol. The van der Waals surface area contributed by atoms with Crippen molar-refractivity contribution in [3.63, 3.8) is 0 Å². The first-order valence-electron chi connectivity index (χ1n) is 18.7. The molecular formula is C41H50ClN7O6. The van der Waals surface area contributed by atoms with Crippen LogP contribution in [0.25, 0.3) is 0 Å². The van der Waals surface area contributed by atoms with Crippen LogP contribution in [0.15, 0.2) is 54.7 Å². The second-order valence-corrected chi connectivity index (χ2v) is 14.4. The number of amides is 2. The normalized spacial score (nSPS) is 14.8. The smallest absolute Gasteiger partial charge is 0.262 e. The predicted octanol–water partition coefficient (Wildman–Crippen LogP) is 6.73. The van der Waals surface area contributed by atoms with Gasteiger partial charge in [-0.25, -0.2) is 4.98 Å². The topological polar surface area (TPSA) is 131 Å². The Kier molecular flexibility index (Phi) is 13.3. The number of aryl methyl sites for hydroxylation is 2. The number of likely N-dealkylation sites (N-methyl/N-ethyl adjacent to an activating group) is 1. The molecule has 2 aliphatic heterocycles. The summed E-state index contributed by atoms with van der Waals surface area (Å²) in [5.41, 5.74) is 3.92. The van der Waals surface area contributed by atoms with E-state index in [4.69, 9.17) is 30.5 Å². The van der Waals surface area contributed by atoms with Crippen LogP contribution in [-0.4, -0.2) is 110 Å². The minimum absolute atomic E-state index is 0.0233. The fraction of sp³-hybridized carbons (Fsp3) is 0.415. The molecule has 2 amide bonds. The highest BCUT2D eigenvalue weighted by atomic mass is 35.5. The summed E-state index contributed by atoms with van der Waals surface area (Å²) in [6.45, 7) is 11.0. The molecule has 2 saturated heterocycles. The van der Waals surface area contributed by atoms with Crippen molar-refractivity contribution in [3.05, 3.63) is 82.0 Å². The number of carbonyl (C=O) groups excluding carboxylic acids is 2. The van der Waals surface area contributed by atoms with E-state index in [1.54, 1.807) is 44.6 Å². The Morgan fingerprint density at radius 2 is 1.62 bits per heavy atom. The summed E-state index contributed by atoms with van der Waals surface area (Å²) in [7, 11) is 5.27. The van der Waals surface area contributed by atoms with Crippen molar-refractivity contribution in [3.8, 4) is 28.9 Å². The van der Waals surface area contributed by atoms with Gasteiger partial charge in [-0.15, -0.1) is 0 Å². The van der Waals surface area contributed by atoms with Crippen molar-refractivity contribution in [1.29, 1.82) is 0 Å². The molecule has 0 bridgehead atoms. The molecule has 2 fully saturated rings. The largest absolute Gasteiger partial charge is 0.493 e. The SMILES string of the molecule is COc1cc(Nc2ncc(C(=O)Nc3c(C)cccc3C)c(Oc3ccc(CC(=O)N4CCCC4)cc3Cl)n2)cc(OCCCN2CCN(C)CC2)c1OC. The van der Waals surface area contributed by atoms with Crippen molar-refractivity contribution in [2.45, 2.75) is 39.5 Å². The summed E-state index contributed by atoms with van der Waals surface area (Å²) in [5.74, 6) is 1.42. The molecule has 0 saturated carbocycles. The molecule has 0 aliphatic carbocycles. The van der Waals surface area contributed by atoms with Crippen LogP contribution < -0.4 is 29.6 Å². The third kappa shape index (κ3) is 10.2. The first kappa shape index (κ1) is 39.6. The Bertz CT molecular complexity index is 1960. The van der Waals surface area contributed by atoms with Gasteiger partial charge >= 0.3 is 0 Å². The zero-order chi connectivity index (χ0) is 38.9. The van der Waals surface area contributed by atoms with E-state index in [2.05, 4.69) is 37.4 Å². The lowest BCUT2D eigenvalue weighted by molar-refractivity contribution is -0.129. The quantitative estimate of drug-likeness (QED) is 0.125. The van der Waals surface area contributed by atoms with E-state index in [1.165, 1.54) is 6.20 Å². The van der Waals surface area contributed by atoms with Gasteiger partial charge in [0, 0.05) is 75.5 Å². The van der Waals surface area contributed by atoms with Crippen LogP contribution in [0.1, 0.15) is 46.3 Å². The molecule has 2 aliphatic rings. The summed E-state index contributed by atoms with van der Waals surface area (Å²) in [4.78, 5) is 42.4. The Hall–Kier alpha value is -5.11. The van der Waals surface area contributed by atoms with Gasteiger partial charge in [0.05, 0.1) is 32.3 Å². The number of para-hydroxylation sites is 1. The molecule has 0 unspecified atom stereocenters. The molecule has 2 N–H and O–H groups in total. The van der Waals surface area contributed by atoms with Crippen molar-refractivity contribution in [2.75, 3.05) is 84.3 Å². The number of anilines is 3. The Morgan fingerprint density at radius 1 is 0.891 bits per heavy atom. The number of aromatic nitrogens is 2. The van der Waals surface area contributed by atoms with Crippen LogP contribution in [-0.2, 0) is 11.2 Å². The highest BCUT2D eigenvalue weighted by Gasteiger charge is 2.23. The van der Waals surface area contributed by atoms with Crippen molar-refractivity contribution in [2.24, 2.45) is 0 Å². The number of nitrogens with one attached hydrogen (secondary N) is 2. The third-order valence-electron chi connectivity index (χ3n) is 9.91. The van der Waals surface area contributed by atoms with Gasteiger partial charge in [0.2, 0.25) is 23.5 Å². The lowest BCUT2D eigenvalue weighted by Gasteiger charge is -2.32.